The molecule has 5 nitrogen and oxygen atoms in total. The van der Waals surface area contributed by atoms with Crippen LogP contribution in [0.5, 0.6) is 5.75 Å². The van der Waals surface area contributed by atoms with Gasteiger partial charge in [-0.15, -0.1) is 0 Å². The minimum absolute atomic E-state index is 0.00515. The van der Waals surface area contributed by atoms with Gasteiger partial charge in [-0.05, 0) is 25.1 Å². The number of aryl methyl sites for hydroxylation is 1. The van der Waals surface area contributed by atoms with E-state index in [0.29, 0.717) is 5.52 Å². The molecule has 1 atom stereocenters. The second-order valence-corrected chi connectivity index (χ2v) is 6.64. The standard InChI is InChI=1S/C16H14F3N3O2S/c1-10-13(24-9-16(17,18)19)7-8-20-14(10)25(23)15-21-11-5-3-4-6-12(11)22(15)2/h3-8H,9H2,1-2H3. The molecule has 1 aromatic carbocycles. The van der Waals surface area contributed by atoms with Crippen LogP contribution >= 0.6 is 0 Å². The molecule has 0 N–H and O–H groups in total. The predicted molar refractivity (Wildman–Crippen MR) is 85.9 cm³/mol. The summed E-state index contributed by atoms with van der Waals surface area (Å²) in [6.45, 7) is 0.102. The number of ether oxygens (including phenoxy) is 1. The van der Waals surface area contributed by atoms with Crippen LogP contribution in [0.2, 0.25) is 0 Å². The number of nitrogens with zero attached hydrogens (tertiary/aromatic N) is 3. The van der Waals surface area contributed by atoms with E-state index in [9.17, 15) is 17.4 Å². The monoisotopic (exact) mass is 369 g/mol. The van der Waals surface area contributed by atoms with Crippen molar-refractivity contribution in [3.05, 3.63) is 42.1 Å². The van der Waals surface area contributed by atoms with Gasteiger partial charge in [0.25, 0.3) is 0 Å². The molecule has 2 aromatic heterocycles. The Balaban J connectivity index is 1.98. The highest BCUT2D eigenvalue weighted by molar-refractivity contribution is 7.84. The summed E-state index contributed by atoms with van der Waals surface area (Å²) in [4.78, 5) is 8.40. The first-order valence-electron chi connectivity index (χ1n) is 7.26. The van der Waals surface area contributed by atoms with E-state index in [1.807, 2.05) is 18.2 Å². The van der Waals surface area contributed by atoms with Crippen LogP contribution in [0.15, 0.2) is 46.7 Å². The zero-order chi connectivity index (χ0) is 18.2. The molecule has 2 heterocycles. The maximum Gasteiger partial charge on any atom is 0.422 e. The third-order valence-corrected chi connectivity index (χ3v) is 5.05. The van der Waals surface area contributed by atoms with E-state index in [1.165, 1.54) is 19.2 Å². The molecule has 0 saturated heterocycles. The van der Waals surface area contributed by atoms with Gasteiger partial charge in [0.1, 0.15) is 21.6 Å². The van der Waals surface area contributed by atoms with Crippen molar-refractivity contribution in [1.82, 2.24) is 14.5 Å². The molecule has 0 amide bonds. The molecule has 0 aliphatic heterocycles. The van der Waals surface area contributed by atoms with Crippen LogP contribution in [0, 0.1) is 6.92 Å². The van der Waals surface area contributed by atoms with Crippen LogP contribution in [0.3, 0.4) is 0 Å². The number of hydrogen-bond acceptors (Lipinski definition) is 4. The lowest BCUT2D eigenvalue weighted by molar-refractivity contribution is -0.153. The van der Waals surface area contributed by atoms with Gasteiger partial charge < -0.3 is 9.30 Å². The maximum absolute atomic E-state index is 12.9. The molecule has 0 bridgehead atoms. The van der Waals surface area contributed by atoms with Crippen LogP contribution in [-0.4, -0.2) is 31.5 Å². The summed E-state index contributed by atoms with van der Waals surface area (Å²) in [6, 6.07) is 8.60. The topological polar surface area (TPSA) is 57.0 Å². The largest absolute Gasteiger partial charge is 0.484 e. The van der Waals surface area contributed by atoms with Gasteiger partial charge in [0.2, 0.25) is 5.16 Å². The second-order valence-electron chi connectivity index (χ2n) is 5.35. The first-order valence-corrected chi connectivity index (χ1v) is 8.41. The molecule has 0 fully saturated rings. The third-order valence-electron chi connectivity index (χ3n) is 3.59. The number of hydrogen-bond donors (Lipinski definition) is 0. The van der Waals surface area contributed by atoms with Crippen molar-refractivity contribution >= 4 is 21.8 Å². The van der Waals surface area contributed by atoms with Crippen molar-refractivity contribution in [3.63, 3.8) is 0 Å². The van der Waals surface area contributed by atoms with Crippen LogP contribution in [0.4, 0.5) is 13.2 Å². The van der Waals surface area contributed by atoms with Crippen molar-refractivity contribution in [1.29, 1.82) is 0 Å². The molecule has 25 heavy (non-hydrogen) atoms. The number of rotatable bonds is 4. The highest BCUT2D eigenvalue weighted by Gasteiger charge is 2.29. The summed E-state index contributed by atoms with van der Waals surface area (Å²) in [5.41, 5.74) is 1.76. The van der Waals surface area contributed by atoms with Crippen molar-refractivity contribution in [2.45, 2.75) is 23.3 Å². The molecular weight excluding hydrogens is 355 g/mol. The Bertz CT molecular complexity index is 953. The summed E-state index contributed by atoms with van der Waals surface area (Å²) in [5.74, 6) is -0.00515. The molecule has 0 saturated carbocycles. The number of imidazole rings is 1. The molecule has 3 rings (SSSR count). The van der Waals surface area contributed by atoms with Gasteiger partial charge in [0.15, 0.2) is 6.61 Å². The van der Waals surface area contributed by atoms with Crippen molar-refractivity contribution in [2.24, 2.45) is 7.05 Å². The predicted octanol–water partition coefficient (Wildman–Crippen LogP) is 3.38. The highest BCUT2D eigenvalue weighted by atomic mass is 32.2. The van der Waals surface area contributed by atoms with Crippen LogP contribution < -0.4 is 4.74 Å². The molecule has 0 aliphatic rings. The SMILES string of the molecule is Cc1c(OCC(F)(F)F)ccnc1S(=O)c1nc2ccccc2n1C. The van der Waals surface area contributed by atoms with E-state index in [0.717, 1.165) is 5.52 Å². The zero-order valence-corrected chi connectivity index (χ0v) is 14.2. The van der Waals surface area contributed by atoms with Crippen LogP contribution in [0.1, 0.15) is 5.56 Å². The Morgan fingerprint density at radius 2 is 1.96 bits per heavy atom. The molecule has 9 heteroatoms. The van der Waals surface area contributed by atoms with E-state index in [1.54, 1.807) is 17.7 Å². The summed E-state index contributed by atoms with van der Waals surface area (Å²) in [6.07, 6.45) is -3.18. The van der Waals surface area contributed by atoms with Crippen molar-refractivity contribution < 1.29 is 22.1 Å². The van der Waals surface area contributed by atoms with Gasteiger partial charge in [0.05, 0.1) is 11.0 Å². The molecule has 132 valence electrons. The van der Waals surface area contributed by atoms with E-state index in [2.05, 4.69) is 9.97 Å². The summed E-state index contributed by atoms with van der Waals surface area (Å²) < 4.78 is 56.4. The van der Waals surface area contributed by atoms with E-state index >= 15 is 0 Å². The van der Waals surface area contributed by atoms with E-state index < -0.39 is 23.6 Å². The average Bonchev–Trinajstić information content (AvgIpc) is 2.90. The smallest absolute Gasteiger partial charge is 0.422 e. The van der Waals surface area contributed by atoms with Gasteiger partial charge in [-0.3, -0.25) is 0 Å². The van der Waals surface area contributed by atoms with Gasteiger partial charge >= 0.3 is 6.18 Å². The Morgan fingerprint density at radius 1 is 1.24 bits per heavy atom. The van der Waals surface area contributed by atoms with Crippen LogP contribution in [-0.2, 0) is 17.8 Å². The lowest BCUT2D eigenvalue weighted by Crippen LogP contribution is -2.20. The quantitative estimate of drug-likeness (QED) is 0.707. The Morgan fingerprint density at radius 3 is 2.64 bits per heavy atom. The minimum atomic E-state index is -4.45. The molecule has 0 aliphatic carbocycles. The first-order chi connectivity index (χ1) is 11.8. The fraction of sp³-hybridized carbons (Fsp3) is 0.250. The average molecular weight is 369 g/mol. The van der Waals surface area contributed by atoms with Gasteiger partial charge in [-0.1, -0.05) is 12.1 Å². The normalized spacial score (nSPS) is 13.2. The molecule has 0 spiro atoms. The number of alkyl halides is 3. The van der Waals surface area contributed by atoms with E-state index in [-0.39, 0.29) is 21.5 Å². The van der Waals surface area contributed by atoms with Gasteiger partial charge in [0, 0.05) is 18.8 Å². The summed E-state index contributed by atoms with van der Waals surface area (Å²) in [5, 5.41) is 0.392. The number of aromatic nitrogens is 3. The molecule has 1 unspecified atom stereocenters. The van der Waals surface area contributed by atoms with Crippen molar-refractivity contribution in [3.8, 4) is 5.75 Å². The molecule has 0 radical (unpaired) electrons. The second kappa shape index (κ2) is 6.47. The number of benzene rings is 1. The van der Waals surface area contributed by atoms with Gasteiger partial charge in [-0.2, -0.15) is 13.2 Å². The number of pyridine rings is 1. The number of halogens is 3. The lowest BCUT2D eigenvalue weighted by atomic mass is 10.3. The highest BCUT2D eigenvalue weighted by Crippen LogP contribution is 2.27. The lowest BCUT2D eigenvalue weighted by Gasteiger charge is -2.13. The van der Waals surface area contributed by atoms with Crippen molar-refractivity contribution in [2.75, 3.05) is 6.61 Å². The fourth-order valence-electron chi connectivity index (χ4n) is 2.38. The Hall–Kier alpha value is -2.42. The first kappa shape index (κ1) is 17.4. The number of fused-ring (bicyclic) bond motifs is 1. The molecule has 3 aromatic rings. The van der Waals surface area contributed by atoms with E-state index in [4.69, 9.17) is 4.74 Å². The Labute approximate surface area is 143 Å². The minimum Gasteiger partial charge on any atom is -0.484 e. The van der Waals surface area contributed by atoms with Gasteiger partial charge in [-0.25, -0.2) is 14.2 Å². The summed E-state index contributed by atoms with van der Waals surface area (Å²) >= 11 is 0. The Kier molecular flexibility index (Phi) is 4.51. The summed E-state index contributed by atoms with van der Waals surface area (Å²) in [7, 11) is -0.0340. The zero-order valence-electron chi connectivity index (χ0n) is 13.4. The maximum atomic E-state index is 12.9. The van der Waals surface area contributed by atoms with Crippen LogP contribution in [0.25, 0.3) is 11.0 Å². The third kappa shape index (κ3) is 3.51. The number of para-hydroxylation sites is 2. The fourth-order valence-corrected chi connectivity index (χ4v) is 3.62. The molecular formula is C16H14F3N3O2S.